The fraction of sp³-hybridized carbons (Fsp3) is 0.167. The van der Waals surface area contributed by atoms with Gasteiger partial charge in [0.05, 0.1) is 12.8 Å². The van der Waals surface area contributed by atoms with Gasteiger partial charge in [0.1, 0.15) is 17.5 Å². The fourth-order valence-electron chi connectivity index (χ4n) is 1.81. The SMILES string of the molecule is COC(=O)c1nc(C)n(-c2cc(F)cc(F)c2F)c1N. The van der Waals surface area contributed by atoms with Gasteiger partial charge in [-0.05, 0) is 6.92 Å². The van der Waals surface area contributed by atoms with E-state index in [0.29, 0.717) is 6.07 Å². The molecule has 0 spiro atoms. The van der Waals surface area contributed by atoms with Gasteiger partial charge in [0.15, 0.2) is 17.3 Å². The predicted molar refractivity (Wildman–Crippen MR) is 63.9 cm³/mol. The number of anilines is 1. The van der Waals surface area contributed by atoms with Crippen molar-refractivity contribution in [2.45, 2.75) is 6.92 Å². The van der Waals surface area contributed by atoms with E-state index in [4.69, 9.17) is 5.73 Å². The van der Waals surface area contributed by atoms with Crippen LogP contribution in [0.15, 0.2) is 12.1 Å². The zero-order valence-corrected chi connectivity index (χ0v) is 10.6. The molecule has 2 N–H and O–H groups in total. The lowest BCUT2D eigenvalue weighted by atomic mass is 10.2. The number of hydrogen-bond acceptors (Lipinski definition) is 4. The first-order chi connectivity index (χ1) is 9.36. The molecule has 0 aliphatic carbocycles. The van der Waals surface area contributed by atoms with Crippen LogP contribution in [0.4, 0.5) is 19.0 Å². The number of aryl methyl sites for hydroxylation is 1. The molecule has 0 fully saturated rings. The Kier molecular flexibility index (Phi) is 3.39. The molecule has 1 aromatic heterocycles. The minimum Gasteiger partial charge on any atom is -0.464 e. The van der Waals surface area contributed by atoms with Crippen molar-refractivity contribution >= 4 is 11.8 Å². The first-order valence-corrected chi connectivity index (χ1v) is 5.44. The Hall–Kier alpha value is -2.51. The minimum absolute atomic E-state index is 0.0896. The van der Waals surface area contributed by atoms with Crippen LogP contribution >= 0.6 is 0 Å². The van der Waals surface area contributed by atoms with Crippen LogP contribution in [0.2, 0.25) is 0 Å². The van der Waals surface area contributed by atoms with E-state index < -0.39 is 29.1 Å². The molecule has 0 aliphatic rings. The Morgan fingerprint density at radius 1 is 1.35 bits per heavy atom. The number of esters is 1. The second kappa shape index (κ2) is 4.87. The maximum atomic E-state index is 13.8. The zero-order chi connectivity index (χ0) is 15.0. The maximum Gasteiger partial charge on any atom is 0.360 e. The van der Waals surface area contributed by atoms with Crippen molar-refractivity contribution in [3.63, 3.8) is 0 Å². The molecular formula is C12H10F3N3O2. The van der Waals surface area contributed by atoms with Gasteiger partial charge in [-0.1, -0.05) is 0 Å². The van der Waals surface area contributed by atoms with Crippen LogP contribution < -0.4 is 5.73 Å². The number of halogens is 3. The molecule has 1 heterocycles. The molecule has 0 radical (unpaired) electrons. The molecule has 0 amide bonds. The Labute approximate surface area is 111 Å². The monoisotopic (exact) mass is 285 g/mol. The largest absolute Gasteiger partial charge is 0.464 e. The van der Waals surface area contributed by atoms with Crippen LogP contribution in [-0.2, 0) is 4.74 Å². The van der Waals surface area contributed by atoms with Gasteiger partial charge in [-0.3, -0.25) is 4.57 Å². The molecule has 2 rings (SSSR count). The van der Waals surface area contributed by atoms with Gasteiger partial charge in [-0.15, -0.1) is 0 Å². The molecule has 0 saturated heterocycles. The highest BCUT2D eigenvalue weighted by Crippen LogP contribution is 2.25. The number of methoxy groups -OCH3 is 1. The van der Waals surface area contributed by atoms with E-state index >= 15 is 0 Å². The topological polar surface area (TPSA) is 70.1 Å². The number of ether oxygens (including phenoxy) is 1. The van der Waals surface area contributed by atoms with E-state index in [9.17, 15) is 18.0 Å². The summed E-state index contributed by atoms with van der Waals surface area (Å²) in [5.41, 5.74) is 4.94. The van der Waals surface area contributed by atoms with E-state index in [1.165, 1.54) is 6.92 Å². The van der Waals surface area contributed by atoms with Crippen LogP contribution in [0.25, 0.3) is 5.69 Å². The number of aromatic nitrogens is 2. The molecule has 1 aromatic carbocycles. The molecule has 0 bridgehead atoms. The third-order valence-corrected chi connectivity index (χ3v) is 2.67. The number of carbonyl (C=O) groups excluding carboxylic acids is 1. The number of rotatable bonds is 2. The molecule has 0 unspecified atom stereocenters. The lowest BCUT2D eigenvalue weighted by Crippen LogP contribution is -2.09. The van der Waals surface area contributed by atoms with Gasteiger partial charge < -0.3 is 10.5 Å². The van der Waals surface area contributed by atoms with Crippen molar-refractivity contribution < 1.29 is 22.7 Å². The zero-order valence-electron chi connectivity index (χ0n) is 10.6. The minimum atomic E-state index is -1.37. The van der Waals surface area contributed by atoms with E-state index in [2.05, 4.69) is 9.72 Å². The Balaban J connectivity index is 2.71. The van der Waals surface area contributed by atoms with Crippen molar-refractivity contribution in [2.75, 3.05) is 12.8 Å². The summed E-state index contributed by atoms with van der Waals surface area (Å²) in [6, 6.07) is 1.16. The standard InChI is InChI=1S/C12H10F3N3O2/c1-5-17-10(12(19)20-2)11(16)18(5)8-4-6(13)3-7(14)9(8)15/h3-4H,16H2,1-2H3. The number of benzene rings is 1. The van der Waals surface area contributed by atoms with Crippen molar-refractivity contribution in [3.05, 3.63) is 41.1 Å². The molecule has 0 aliphatic heterocycles. The maximum absolute atomic E-state index is 13.8. The van der Waals surface area contributed by atoms with Gasteiger partial charge in [0, 0.05) is 12.1 Å². The van der Waals surface area contributed by atoms with Crippen molar-refractivity contribution in [1.29, 1.82) is 0 Å². The van der Waals surface area contributed by atoms with Crippen LogP contribution in [0.3, 0.4) is 0 Å². The fourth-order valence-corrected chi connectivity index (χ4v) is 1.81. The average molecular weight is 285 g/mol. The predicted octanol–water partition coefficient (Wildman–Crippen LogP) is 1.97. The first-order valence-electron chi connectivity index (χ1n) is 5.44. The van der Waals surface area contributed by atoms with Crippen molar-refractivity contribution in [3.8, 4) is 5.69 Å². The third kappa shape index (κ3) is 2.09. The van der Waals surface area contributed by atoms with Crippen LogP contribution in [0, 0.1) is 24.4 Å². The van der Waals surface area contributed by atoms with Crippen LogP contribution in [-0.4, -0.2) is 22.6 Å². The lowest BCUT2D eigenvalue weighted by Gasteiger charge is -2.09. The smallest absolute Gasteiger partial charge is 0.360 e. The normalized spacial score (nSPS) is 10.7. The van der Waals surface area contributed by atoms with E-state index in [1.807, 2.05) is 0 Å². The molecule has 0 atom stereocenters. The second-order valence-electron chi connectivity index (χ2n) is 3.94. The first kappa shape index (κ1) is 13.9. The third-order valence-electron chi connectivity index (χ3n) is 2.67. The Morgan fingerprint density at radius 2 is 2.00 bits per heavy atom. The number of nitrogen functional groups attached to an aromatic ring is 1. The van der Waals surface area contributed by atoms with Gasteiger partial charge in [0.25, 0.3) is 0 Å². The molecule has 8 heteroatoms. The summed E-state index contributed by atoms with van der Waals surface area (Å²) in [6.45, 7) is 1.41. The summed E-state index contributed by atoms with van der Waals surface area (Å²) in [4.78, 5) is 15.2. The van der Waals surface area contributed by atoms with E-state index in [1.54, 1.807) is 0 Å². The average Bonchev–Trinajstić information content (AvgIpc) is 2.68. The summed E-state index contributed by atoms with van der Waals surface area (Å²) in [7, 11) is 1.12. The Bertz CT molecular complexity index is 698. The van der Waals surface area contributed by atoms with Crippen molar-refractivity contribution in [2.24, 2.45) is 0 Å². The van der Waals surface area contributed by atoms with Gasteiger partial charge in [0.2, 0.25) is 0 Å². The Morgan fingerprint density at radius 3 is 2.60 bits per heavy atom. The van der Waals surface area contributed by atoms with E-state index in [-0.39, 0.29) is 17.3 Å². The van der Waals surface area contributed by atoms with Crippen LogP contribution in [0.5, 0.6) is 0 Å². The highest BCUT2D eigenvalue weighted by atomic mass is 19.2. The van der Waals surface area contributed by atoms with E-state index in [0.717, 1.165) is 17.7 Å². The summed E-state index contributed by atoms with van der Waals surface area (Å²) < 4.78 is 45.6. The lowest BCUT2D eigenvalue weighted by molar-refractivity contribution is 0.0596. The van der Waals surface area contributed by atoms with Gasteiger partial charge >= 0.3 is 5.97 Å². The highest BCUT2D eigenvalue weighted by molar-refractivity contribution is 5.92. The van der Waals surface area contributed by atoms with Crippen molar-refractivity contribution in [1.82, 2.24) is 9.55 Å². The molecule has 106 valence electrons. The van der Waals surface area contributed by atoms with Gasteiger partial charge in [-0.25, -0.2) is 22.9 Å². The van der Waals surface area contributed by atoms with Crippen LogP contribution in [0.1, 0.15) is 16.3 Å². The number of imidazole rings is 1. The number of nitrogens with zero attached hydrogens (tertiary/aromatic N) is 2. The second-order valence-corrected chi connectivity index (χ2v) is 3.94. The molecule has 2 aromatic rings. The number of hydrogen-bond donors (Lipinski definition) is 1. The summed E-state index contributed by atoms with van der Waals surface area (Å²) in [6.07, 6.45) is 0. The molecule has 5 nitrogen and oxygen atoms in total. The number of carbonyl (C=O) groups is 1. The molecule has 20 heavy (non-hydrogen) atoms. The quantitative estimate of drug-likeness (QED) is 0.676. The summed E-state index contributed by atoms with van der Waals surface area (Å²) in [5.74, 6) is -4.65. The van der Waals surface area contributed by atoms with Gasteiger partial charge in [-0.2, -0.15) is 0 Å². The number of nitrogens with two attached hydrogens (primary N) is 1. The molecular weight excluding hydrogens is 275 g/mol. The highest BCUT2D eigenvalue weighted by Gasteiger charge is 2.23. The summed E-state index contributed by atoms with van der Waals surface area (Å²) >= 11 is 0. The summed E-state index contributed by atoms with van der Waals surface area (Å²) in [5, 5.41) is 0. The molecule has 0 saturated carbocycles.